The molecular formula is C11H14ClN3O. The van der Waals surface area contributed by atoms with Crippen molar-refractivity contribution in [1.82, 2.24) is 5.32 Å². The number of carbonyl (C=O) groups excluding carboxylic acids is 1. The fourth-order valence-corrected chi connectivity index (χ4v) is 1.96. The van der Waals surface area contributed by atoms with Gasteiger partial charge in [0.1, 0.15) is 0 Å². The van der Waals surface area contributed by atoms with Crippen LogP contribution in [0.15, 0.2) is 18.2 Å². The molecule has 1 aliphatic heterocycles. The van der Waals surface area contributed by atoms with Gasteiger partial charge in [-0.3, -0.25) is 4.79 Å². The number of hydrogen-bond acceptors (Lipinski definition) is 3. The van der Waals surface area contributed by atoms with E-state index in [1.165, 1.54) is 0 Å². The lowest BCUT2D eigenvalue weighted by Gasteiger charge is -2.14. The highest BCUT2D eigenvalue weighted by Gasteiger charge is 2.15. The molecule has 1 atom stereocenters. The van der Waals surface area contributed by atoms with E-state index in [2.05, 4.69) is 10.6 Å². The Bertz CT molecular complexity index is 402. The minimum Gasteiger partial charge on any atom is -0.380 e. The van der Waals surface area contributed by atoms with Gasteiger partial charge in [-0.1, -0.05) is 11.6 Å². The Labute approximate surface area is 99.2 Å². The highest BCUT2D eigenvalue weighted by molar-refractivity contribution is 6.33. The van der Waals surface area contributed by atoms with Crippen molar-refractivity contribution in [2.45, 2.75) is 12.5 Å². The molecule has 1 heterocycles. The van der Waals surface area contributed by atoms with Gasteiger partial charge in [-0.05, 0) is 31.2 Å². The van der Waals surface area contributed by atoms with Gasteiger partial charge in [0.15, 0.2) is 0 Å². The summed E-state index contributed by atoms with van der Waals surface area (Å²) in [5, 5.41) is 7.16. The molecule has 1 amide bonds. The second-order valence-electron chi connectivity index (χ2n) is 3.89. The summed E-state index contributed by atoms with van der Waals surface area (Å²) >= 11 is 6.04. The fraction of sp³-hybridized carbons (Fsp3) is 0.364. The second-order valence-corrected chi connectivity index (χ2v) is 4.30. The van der Waals surface area contributed by atoms with E-state index in [9.17, 15) is 4.79 Å². The van der Waals surface area contributed by atoms with Crippen molar-refractivity contribution in [3.05, 3.63) is 28.8 Å². The molecule has 0 radical (unpaired) electrons. The molecule has 4 N–H and O–H groups in total. The highest BCUT2D eigenvalue weighted by atomic mass is 35.5. The van der Waals surface area contributed by atoms with Crippen LogP contribution in [-0.2, 0) is 0 Å². The zero-order chi connectivity index (χ0) is 11.5. The Hall–Kier alpha value is -1.26. The van der Waals surface area contributed by atoms with Crippen LogP contribution in [-0.4, -0.2) is 25.0 Å². The zero-order valence-electron chi connectivity index (χ0n) is 8.79. The maximum atomic E-state index is 11.0. The van der Waals surface area contributed by atoms with E-state index in [0.717, 1.165) is 25.2 Å². The van der Waals surface area contributed by atoms with Gasteiger partial charge < -0.3 is 16.4 Å². The predicted octanol–water partition coefficient (Wildman–Crippen LogP) is 1.21. The van der Waals surface area contributed by atoms with Gasteiger partial charge in [0, 0.05) is 18.2 Å². The Morgan fingerprint density at radius 3 is 3.00 bits per heavy atom. The van der Waals surface area contributed by atoms with E-state index in [-0.39, 0.29) is 0 Å². The Kier molecular flexibility index (Phi) is 3.31. The number of benzene rings is 1. The molecule has 86 valence electrons. The van der Waals surface area contributed by atoms with Crippen molar-refractivity contribution >= 4 is 23.2 Å². The summed E-state index contributed by atoms with van der Waals surface area (Å²) in [5.74, 6) is -0.440. The lowest BCUT2D eigenvalue weighted by atomic mass is 10.1. The second kappa shape index (κ2) is 4.72. The van der Waals surface area contributed by atoms with Gasteiger partial charge in [0.05, 0.1) is 10.7 Å². The molecule has 0 spiro atoms. The number of carbonyl (C=O) groups is 1. The molecule has 4 nitrogen and oxygen atoms in total. The van der Waals surface area contributed by atoms with E-state index in [1.54, 1.807) is 18.2 Å². The Morgan fingerprint density at radius 2 is 2.38 bits per heavy atom. The Morgan fingerprint density at radius 1 is 1.56 bits per heavy atom. The van der Waals surface area contributed by atoms with Crippen molar-refractivity contribution in [2.75, 3.05) is 18.4 Å². The SMILES string of the molecule is NC(=O)c1ccc(Cl)c(NC2CCNC2)c1. The molecule has 1 unspecified atom stereocenters. The van der Waals surface area contributed by atoms with Crippen molar-refractivity contribution in [2.24, 2.45) is 5.73 Å². The molecule has 0 bridgehead atoms. The maximum Gasteiger partial charge on any atom is 0.248 e. The molecule has 1 aromatic carbocycles. The predicted molar refractivity (Wildman–Crippen MR) is 64.9 cm³/mol. The molecule has 1 fully saturated rings. The average Bonchev–Trinajstić information content (AvgIpc) is 2.73. The van der Waals surface area contributed by atoms with Crippen LogP contribution in [0.1, 0.15) is 16.8 Å². The minimum atomic E-state index is -0.440. The lowest BCUT2D eigenvalue weighted by molar-refractivity contribution is 0.100. The largest absolute Gasteiger partial charge is 0.380 e. The van der Waals surface area contributed by atoms with Crippen LogP contribution in [0.4, 0.5) is 5.69 Å². The van der Waals surface area contributed by atoms with Crippen molar-refractivity contribution in [3.63, 3.8) is 0 Å². The minimum absolute atomic E-state index is 0.362. The van der Waals surface area contributed by atoms with E-state index < -0.39 is 5.91 Å². The summed E-state index contributed by atoms with van der Waals surface area (Å²) in [4.78, 5) is 11.0. The summed E-state index contributed by atoms with van der Waals surface area (Å²) in [6, 6.07) is 5.37. The molecule has 16 heavy (non-hydrogen) atoms. The van der Waals surface area contributed by atoms with Gasteiger partial charge in [0.2, 0.25) is 5.91 Å². The third-order valence-corrected chi connectivity index (χ3v) is 3.00. The fourth-order valence-electron chi connectivity index (χ4n) is 1.79. The number of anilines is 1. The summed E-state index contributed by atoms with van der Waals surface area (Å²) in [6.07, 6.45) is 1.05. The van der Waals surface area contributed by atoms with Gasteiger partial charge in [-0.2, -0.15) is 0 Å². The maximum absolute atomic E-state index is 11.0. The van der Waals surface area contributed by atoms with E-state index in [1.807, 2.05) is 0 Å². The monoisotopic (exact) mass is 239 g/mol. The van der Waals surface area contributed by atoms with Crippen LogP contribution in [0, 0.1) is 0 Å². The Balaban J connectivity index is 2.17. The number of amides is 1. The molecule has 0 saturated carbocycles. The number of primary amides is 1. The molecule has 5 heteroatoms. The third kappa shape index (κ3) is 2.46. The quantitative estimate of drug-likeness (QED) is 0.743. The zero-order valence-corrected chi connectivity index (χ0v) is 9.55. The van der Waals surface area contributed by atoms with Gasteiger partial charge in [0.25, 0.3) is 0 Å². The standard InChI is InChI=1S/C11H14ClN3O/c12-9-2-1-7(11(13)16)5-10(9)15-8-3-4-14-6-8/h1-2,5,8,14-15H,3-4,6H2,(H2,13,16). The molecule has 2 rings (SSSR count). The summed E-state index contributed by atoms with van der Waals surface area (Å²) < 4.78 is 0. The van der Waals surface area contributed by atoms with Crippen molar-refractivity contribution < 1.29 is 4.79 Å². The van der Waals surface area contributed by atoms with E-state index in [4.69, 9.17) is 17.3 Å². The molecule has 0 aliphatic carbocycles. The molecule has 1 saturated heterocycles. The van der Waals surface area contributed by atoms with Crippen LogP contribution in [0.25, 0.3) is 0 Å². The van der Waals surface area contributed by atoms with E-state index >= 15 is 0 Å². The van der Waals surface area contributed by atoms with E-state index in [0.29, 0.717) is 16.6 Å². The molecule has 0 aromatic heterocycles. The van der Waals surface area contributed by atoms with Crippen molar-refractivity contribution in [3.8, 4) is 0 Å². The lowest BCUT2D eigenvalue weighted by Crippen LogP contribution is -2.22. The molecule has 1 aliphatic rings. The first-order valence-corrected chi connectivity index (χ1v) is 5.61. The molecular weight excluding hydrogens is 226 g/mol. The first-order valence-electron chi connectivity index (χ1n) is 5.23. The smallest absolute Gasteiger partial charge is 0.248 e. The highest BCUT2D eigenvalue weighted by Crippen LogP contribution is 2.24. The van der Waals surface area contributed by atoms with Crippen LogP contribution < -0.4 is 16.4 Å². The average molecular weight is 240 g/mol. The summed E-state index contributed by atoms with van der Waals surface area (Å²) in [5.41, 5.74) is 6.46. The molecule has 1 aromatic rings. The first kappa shape index (κ1) is 11.2. The van der Waals surface area contributed by atoms with Crippen molar-refractivity contribution in [1.29, 1.82) is 0 Å². The van der Waals surface area contributed by atoms with Gasteiger partial charge >= 0.3 is 0 Å². The van der Waals surface area contributed by atoms with Crippen LogP contribution in [0.3, 0.4) is 0 Å². The number of rotatable bonds is 3. The van der Waals surface area contributed by atoms with Gasteiger partial charge in [-0.15, -0.1) is 0 Å². The topological polar surface area (TPSA) is 67.2 Å². The first-order chi connectivity index (χ1) is 7.66. The number of halogens is 1. The number of nitrogens with one attached hydrogen (secondary N) is 2. The van der Waals surface area contributed by atoms with Crippen LogP contribution >= 0.6 is 11.6 Å². The number of hydrogen-bond donors (Lipinski definition) is 3. The third-order valence-electron chi connectivity index (χ3n) is 2.67. The summed E-state index contributed by atoms with van der Waals surface area (Å²) in [7, 11) is 0. The number of nitrogens with two attached hydrogens (primary N) is 1. The summed E-state index contributed by atoms with van der Waals surface area (Å²) in [6.45, 7) is 1.92. The van der Waals surface area contributed by atoms with Crippen LogP contribution in [0.5, 0.6) is 0 Å². The van der Waals surface area contributed by atoms with Gasteiger partial charge in [-0.25, -0.2) is 0 Å². The normalized spacial score (nSPS) is 19.7. The van der Waals surface area contributed by atoms with Crippen LogP contribution in [0.2, 0.25) is 5.02 Å².